The van der Waals surface area contributed by atoms with Crippen molar-refractivity contribution >= 4 is 17.7 Å². The summed E-state index contributed by atoms with van der Waals surface area (Å²) in [5, 5.41) is 3.70. The predicted molar refractivity (Wildman–Crippen MR) is 122 cm³/mol. The van der Waals surface area contributed by atoms with Gasteiger partial charge in [-0.2, -0.15) is 0 Å². The fourth-order valence-electron chi connectivity index (χ4n) is 3.26. The van der Waals surface area contributed by atoms with Crippen LogP contribution in [-0.2, 0) is 11.3 Å². The molecule has 0 aliphatic heterocycles. The normalized spacial score (nSPS) is 10.6. The molecule has 2 aromatic carbocycles. The SMILES string of the molecule is COc1cc(OC)c(OC)cc1CNC(=O)CSc1nccn1-c1ccc(C)cc1C. The second kappa shape index (κ2) is 10.3. The van der Waals surface area contributed by atoms with E-state index in [0.29, 0.717) is 23.8 Å². The van der Waals surface area contributed by atoms with Crippen LogP contribution in [0.25, 0.3) is 5.69 Å². The number of thioether (sulfide) groups is 1. The molecular formula is C23H27N3O4S. The van der Waals surface area contributed by atoms with Gasteiger partial charge in [-0.25, -0.2) is 4.98 Å². The van der Waals surface area contributed by atoms with E-state index >= 15 is 0 Å². The Morgan fingerprint density at radius 1 is 1.03 bits per heavy atom. The lowest BCUT2D eigenvalue weighted by molar-refractivity contribution is -0.118. The number of amides is 1. The van der Waals surface area contributed by atoms with E-state index in [-0.39, 0.29) is 11.7 Å². The van der Waals surface area contributed by atoms with Crippen LogP contribution < -0.4 is 19.5 Å². The lowest BCUT2D eigenvalue weighted by Crippen LogP contribution is -2.25. The van der Waals surface area contributed by atoms with Gasteiger partial charge in [0.1, 0.15) is 5.75 Å². The molecule has 0 saturated carbocycles. The van der Waals surface area contributed by atoms with Gasteiger partial charge in [0, 0.05) is 30.6 Å². The molecule has 3 aromatic rings. The van der Waals surface area contributed by atoms with Crippen LogP contribution in [-0.4, -0.2) is 42.5 Å². The third-order valence-corrected chi connectivity index (χ3v) is 5.78. The van der Waals surface area contributed by atoms with E-state index in [4.69, 9.17) is 14.2 Å². The van der Waals surface area contributed by atoms with E-state index in [9.17, 15) is 4.79 Å². The Labute approximate surface area is 186 Å². The Balaban J connectivity index is 1.64. The Morgan fingerprint density at radius 2 is 1.74 bits per heavy atom. The number of methoxy groups -OCH3 is 3. The summed E-state index contributed by atoms with van der Waals surface area (Å²) < 4.78 is 18.1. The molecule has 8 heteroatoms. The molecule has 164 valence electrons. The molecule has 0 fully saturated rings. The number of hydrogen-bond donors (Lipinski definition) is 1. The van der Waals surface area contributed by atoms with Crippen molar-refractivity contribution in [1.29, 1.82) is 0 Å². The Morgan fingerprint density at radius 3 is 2.42 bits per heavy atom. The molecule has 0 radical (unpaired) electrons. The van der Waals surface area contributed by atoms with Crippen molar-refractivity contribution in [1.82, 2.24) is 14.9 Å². The summed E-state index contributed by atoms with van der Waals surface area (Å²) in [5.74, 6) is 1.92. The zero-order valence-corrected chi connectivity index (χ0v) is 19.2. The predicted octanol–water partition coefficient (Wildman–Crippen LogP) is 3.92. The molecule has 1 amide bonds. The van der Waals surface area contributed by atoms with E-state index in [1.807, 2.05) is 10.8 Å². The lowest BCUT2D eigenvalue weighted by Gasteiger charge is -2.14. The number of imidazole rings is 1. The number of rotatable bonds is 9. The summed E-state index contributed by atoms with van der Waals surface area (Å²) in [7, 11) is 4.72. The van der Waals surface area contributed by atoms with E-state index < -0.39 is 0 Å². The monoisotopic (exact) mass is 441 g/mol. The fourth-order valence-corrected chi connectivity index (χ4v) is 4.06. The number of aryl methyl sites for hydroxylation is 2. The first kappa shape index (κ1) is 22.6. The van der Waals surface area contributed by atoms with Crippen molar-refractivity contribution in [3.8, 4) is 22.9 Å². The fraction of sp³-hybridized carbons (Fsp3) is 0.304. The van der Waals surface area contributed by atoms with Crippen molar-refractivity contribution in [2.45, 2.75) is 25.5 Å². The van der Waals surface area contributed by atoms with Crippen LogP contribution in [0.5, 0.6) is 17.2 Å². The Hall–Kier alpha value is -3.13. The lowest BCUT2D eigenvalue weighted by atomic mass is 10.1. The van der Waals surface area contributed by atoms with Crippen molar-refractivity contribution < 1.29 is 19.0 Å². The summed E-state index contributed by atoms with van der Waals surface area (Å²) >= 11 is 1.39. The molecule has 7 nitrogen and oxygen atoms in total. The van der Waals surface area contributed by atoms with Gasteiger partial charge in [-0.05, 0) is 31.5 Å². The first-order valence-electron chi connectivity index (χ1n) is 9.76. The van der Waals surface area contributed by atoms with E-state index in [1.54, 1.807) is 39.7 Å². The maximum atomic E-state index is 12.5. The zero-order valence-electron chi connectivity index (χ0n) is 18.4. The van der Waals surface area contributed by atoms with Crippen LogP contribution >= 0.6 is 11.8 Å². The van der Waals surface area contributed by atoms with E-state index in [2.05, 4.69) is 42.3 Å². The third kappa shape index (κ3) is 5.32. The van der Waals surface area contributed by atoms with Gasteiger partial charge < -0.3 is 19.5 Å². The van der Waals surface area contributed by atoms with Crippen LogP contribution in [0.3, 0.4) is 0 Å². The molecule has 1 heterocycles. The van der Waals surface area contributed by atoms with Crippen LogP contribution in [0, 0.1) is 13.8 Å². The van der Waals surface area contributed by atoms with Crippen LogP contribution in [0.2, 0.25) is 0 Å². The van der Waals surface area contributed by atoms with Gasteiger partial charge in [0.25, 0.3) is 0 Å². The van der Waals surface area contributed by atoms with E-state index in [0.717, 1.165) is 22.0 Å². The zero-order chi connectivity index (χ0) is 22.4. The van der Waals surface area contributed by atoms with Gasteiger partial charge in [-0.15, -0.1) is 0 Å². The van der Waals surface area contributed by atoms with Crippen LogP contribution in [0.4, 0.5) is 0 Å². The highest BCUT2D eigenvalue weighted by Crippen LogP contribution is 2.34. The highest BCUT2D eigenvalue weighted by Gasteiger charge is 2.14. The molecule has 31 heavy (non-hydrogen) atoms. The Kier molecular flexibility index (Phi) is 7.46. The maximum absolute atomic E-state index is 12.5. The standard InChI is InChI=1S/C23H27N3O4S/c1-15-6-7-18(16(2)10-15)26-9-8-24-23(26)31-14-22(27)25-13-17-11-20(29-4)21(30-5)12-19(17)28-3/h6-12H,13-14H2,1-5H3,(H,25,27). The molecule has 0 unspecified atom stereocenters. The van der Waals surface area contributed by atoms with Crippen molar-refractivity contribution in [2.24, 2.45) is 0 Å². The highest BCUT2D eigenvalue weighted by molar-refractivity contribution is 7.99. The first-order valence-corrected chi connectivity index (χ1v) is 10.7. The third-order valence-electron chi connectivity index (χ3n) is 4.81. The number of ether oxygens (including phenoxy) is 3. The number of hydrogen-bond acceptors (Lipinski definition) is 6. The summed E-state index contributed by atoms with van der Waals surface area (Å²) in [6, 6.07) is 9.82. The minimum atomic E-state index is -0.1000. The van der Waals surface area contributed by atoms with E-state index in [1.165, 1.54) is 17.3 Å². The van der Waals surface area contributed by atoms with Crippen LogP contribution in [0.15, 0.2) is 47.9 Å². The largest absolute Gasteiger partial charge is 0.496 e. The summed E-state index contributed by atoms with van der Waals surface area (Å²) in [6.45, 7) is 4.45. The second-order valence-corrected chi connectivity index (χ2v) is 7.90. The van der Waals surface area contributed by atoms with Gasteiger partial charge in [0.05, 0.1) is 32.8 Å². The Bertz CT molecular complexity index is 1060. The molecule has 0 spiro atoms. The molecule has 0 aliphatic carbocycles. The number of nitrogens with one attached hydrogen (secondary N) is 1. The van der Waals surface area contributed by atoms with Crippen molar-refractivity contribution in [2.75, 3.05) is 27.1 Å². The topological polar surface area (TPSA) is 74.6 Å². The number of aromatic nitrogens is 2. The number of carbonyl (C=O) groups excluding carboxylic acids is 1. The van der Waals surface area contributed by atoms with Gasteiger partial charge >= 0.3 is 0 Å². The minimum absolute atomic E-state index is 0.1000. The summed E-state index contributed by atoms with van der Waals surface area (Å²) in [6.07, 6.45) is 3.65. The minimum Gasteiger partial charge on any atom is -0.496 e. The van der Waals surface area contributed by atoms with Gasteiger partial charge in [-0.1, -0.05) is 29.5 Å². The van der Waals surface area contributed by atoms with Crippen molar-refractivity contribution in [3.05, 3.63) is 59.4 Å². The molecule has 1 N–H and O–H groups in total. The molecule has 1 aromatic heterocycles. The van der Waals surface area contributed by atoms with Gasteiger partial charge in [0.2, 0.25) is 5.91 Å². The van der Waals surface area contributed by atoms with Gasteiger partial charge in [0.15, 0.2) is 16.7 Å². The number of benzene rings is 2. The molecule has 0 saturated heterocycles. The second-order valence-electron chi connectivity index (χ2n) is 6.95. The molecule has 0 aliphatic rings. The van der Waals surface area contributed by atoms with Gasteiger partial charge in [-0.3, -0.25) is 9.36 Å². The van der Waals surface area contributed by atoms with Crippen molar-refractivity contribution in [3.63, 3.8) is 0 Å². The average Bonchev–Trinajstić information content (AvgIpc) is 3.23. The first-order chi connectivity index (χ1) is 15.0. The molecule has 3 rings (SSSR count). The molecule has 0 atom stereocenters. The van der Waals surface area contributed by atoms with Crippen LogP contribution in [0.1, 0.15) is 16.7 Å². The molecular weight excluding hydrogens is 414 g/mol. The summed E-state index contributed by atoms with van der Waals surface area (Å²) in [5.41, 5.74) is 4.22. The number of nitrogens with zero attached hydrogens (tertiary/aromatic N) is 2. The average molecular weight is 442 g/mol. The smallest absolute Gasteiger partial charge is 0.230 e. The summed E-state index contributed by atoms with van der Waals surface area (Å²) in [4.78, 5) is 16.9. The maximum Gasteiger partial charge on any atom is 0.230 e. The highest BCUT2D eigenvalue weighted by atomic mass is 32.2. The number of carbonyl (C=O) groups is 1. The molecule has 0 bridgehead atoms. The quantitative estimate of drug-likeness (QED) is 0.507.